The zero-order chi connectivity index (χ0) is 19.9. The number of aliphatic hydroxyl groups is 1. The molecule has 3 fully saturated rings. The quantitative estimate of drug-likeness (QED) is 0.377. The van der Waals surface area contributed by atoms with E-state index in [1.165, 1.54) is 45.1 Å². The second-order valence-corrected chi connectivity index (χ2v) is 11.4. The predicted octanol–water partition coefficient (Wildman–Crippen LogP) is 6.13. The van der Waals surface area contributed by atoms with Gasteiger partial charge >= 0.3 is 0 Å². The summed E-state index contributed by atoms with van der Waals surface area (Å²) >= 11 is 12.1. The first-order chi connectivity index (χ1) is 13.4. The molecule has 0 aromatic heterocycles. The minimum Gasteiger partial charge on any atom is -0.393 e. The number of nitrogens with zero attached hydrogens (tertiary/aromatic N) is 1. The first-order valence-electron chi connectivity index (χ1n) is 11.6. The van der Waals surface area contributed by atoms with Gasteiger partial charge in [-0.3, -0.25) is 0 Å². The summed E-state index contributed by atoms with van der Waals surface area (Å²) < 4.78 is 0. The van der Waals surface area contributed by atoms with E-state index in [2.05, 4.69) is 24.8 Å². The van der Waals surface area contributed by atoms with Crippen LogP contribution in [0.25, 0.3) is 0 Å². The molecule has 29 heavy (non-hydrogen) atoms. The highest BCUT2D eigenvalue weighted by Crippen LogP contribution is 2.66. The zero-order valence-corrected chi connectivity index (χ0v) is 20.5. The molecular weight excluding hydrogens is 425 g/mol. The van der Waals surface area contributed by atoms with E-state index in [1.54, 1.807) is 5.57 Å². The Morgan fingerprint density at radius 3 is 2.45 bits per heavy atom. The highest BCUT2D eigenvalue weighted by Gasteiger charge is 2.58. The van der Waals surface area contributed by atoms with Crippen molar-refractivity contribution in [1.29, 1.82) is 0 Å². The van der Waals surface area contributed by atoms with Crippen molar-refractivity contribution < 1.29 is 5.11 Å². The third-order valence-corrected chi connectivity index (χ3v) is 9.89. The molecule has 4 rings (SSSR count). The van der Waals surface area contributed by atoms with Gasteiger partial charge in [0.15, 0.2) is 0 Å². The monoisotopic (exact) mass is 463 g/mol. The summed E-state index contributed by atoms with van der Waals surface area (Å²) in [5.74, 6) is 4.74. The molecule has 0 aromatic carbocycles. The third-order valence-electron chi connectivity index (χ3n) is 9.55. The van der Waals surface area contributed by atoms with Crippen LogP contribution in [0.5, 0.6) is 0 Å². The molecule has 0 bridgehead atoms. The number of fused-ring (bicyclic) bond motifs is 5. The normalized spacial score (nSPS) is 43.8. The topological polar surface area (TPSA) is 23.5 Å². The summed E-state index contributed by atoms with van der Waals surface area (Å²) in [6.07, 6.45) is 12.3. The number of allylic oxidation sites excluding steroid dienone is 1. The first-order valence-corrected chi connectivity index (χ1v) is 12.7. The van der Waals surface area contributed by atoms with E-state index < -0.39 is 0 Å². The summed E-state index contributed by atoms with van der Waals surface area (Å²) in [5, 5.41) is 10.2. The molecular formula is C24H40Cl3NO. The van der Waals surface area contributed by atoms with Gasteiger partial charge in [-0.1, -0.05) is 25.5 Å². The maximum atomic E-state index is 10.2. The molecule has 1 N–H and O–H groups in total. The second-order valence-electron chi connectivity index (χ2n) is 10.7. The van der Waals surface area contributed by atoms with E-state index in [0.29, 0.717) is 22.6 Å². The molecule has 3 saturated carbocycles. The lowest BCUT2D eigenvalue weighted by Crippen LogP contribution is -2.51. The van der Waals surface area contributed by atoms with Gasteiger partial charge in [0.1, 0.15) is 0 Å². The fourth-order valence-corrected chi connectivity index (χ4v) is 8.37. The molecule has 0 unspecified atom stereocenters. The van der Waals surface area contributed by atoms with Crippen LogP contribution >= 0.6 is 35.6 Å². The van der Waals surface area contributed by atoms with Gasteiger partial charge in [0.25, 0.3) is 0 Å². The maximum Gasteiger partial charge on any atom is 0.0577 e. The molecule has 5 heteroatoms. The van der Waals surface area contributed by atoms with Crippen LogP contribution in [0.1, 0.15) is 65.2 Å². The number of aliphatic hydroxyl groups excluding tert-OH is 1. The molecule has 168 valence electrons. The molecule has 2 nitrogen and oxygen atoms in total. The van der Waals surface area contributed by atoms with Gasteiger partial charge in [0, 0.05) is 31.4 Å². The number of hydrogen-bond donors (Lipinski definition) is 1. The zero-order valence-electron chi connectivity index (χ0n) is 18.2. The Morgan fingerprint density at radius 2 is 1.76 bits per heavy atom. The van der Waals surface area contributed by atoms with Crippen molar-refractivity contribution >= 4 is 35.6 Å². The van der Waals surface area contributed by atoms with Gasteiger partial charge in [-0.15, -0.1) is 35.6 Å². The van der Waals surface area contributed by atoms with Crippen LogP contribution in [0.4, 0.5) is 0 Å². The van der Waals surface area contributed by atoms with E-state index in [-0.39, 0.29) is 18.5 Å². The van der Waals surface area contributed by atoms with Gasteiger partial charge in [0.05, 0.1) is 6.10 Å². The average molecular weight is 465 g/mol. The van der Waals surface area contributed by atoms with Crippen molar-refractivity contribution in [1.82, 2.24) is 4.90 Å². The number of alkyl halides is 2. The molecule has 7 atom stereocenters. The molecule has 0 spiro atoms. The maximum absolute atomic E-state index is 10.2. The number of rotatable bonds is 6. The van der Waals surface area contributed by atoms with Gasteiger partial charge in [-0.25, -0.2) is 0 Å². The van der Waals surface area contributed by atoms with Crippen molar-refractivity contribution in [2.45, 2.75) is 71.3 Å². The molecule has 0 saturated heterocycles. The van der Waals surface area contributed by atoms with Crippen molar-refractivity contribution in [2.75, 3.05) is 31.4 Å². The van der Waals surface area contributed by atoms with Gasteiger partial charge in [0.2, 0.25) is 0 Å². The largest absolute Gasteiger partial charge is 0.393 e. The van der Waals surface area contributed by atoms with E-state index in [4.69, 9.17) is 23.2 Å². The van der Waals surface area contributed by atoms with Crippen LogP contribution in [0, 0.1) is 34.5 Å². The molecule has 0 aliphatic heterocycles. The summed E-state index contributed by atoms with van der Waals surface area (Å²) in [6, 6.07) is 0. The van der Waals surface area contributed by atoms with Crippen LogP contribution in [0.15, 0.2) is 11.6 Å². The Hall–Kier alpha value is 0.530. The summed E-state index contributed by atoms with van der Waals surface area (Å²) in [7, 11) is 0. The molecule has 0 aromatic rings. The highest BCUT2D eigenvalue weighted by atomic mass is 35.5. The Bertz CT molecular complexity index is 593. The lowest BCUT2D eigenvalue weighted by Gasteiger charge is -2.58. The predicted molar refractivity (Wildman–Crippen MR) is 126 cm³/mol. The van der Waals surface area contributed by atoms with Crippen LogP contribution < -0.4 is 0 Å². The SMILES string of the molecule is C[C@]12CC[C@H]3[C@@H](CC=C4C[C@@H](O)CC[C@@]43C)[C@@H]1CC[C@@H]2CN(CCCl)CCCl.Cl. The fourth-order valence-electron chi connectivity index (χ4n) is 7.90. The van der Waals surface area contributed by atoms with Gasteiger partial charge in [-0.05, 0) is 85.9 Å². The fraction of sp³-hybridized carbons (Fsp3) is 0.917. The van der Waals surface area contributed by atoms with E-state index >= 15 is 0 Å². The molecule has 4 aliphatic rings. The number of halogens is 3. The smallest absolute Gasteiger partial charge is 0.0577 e. The Morgan fingerprint density at radius 1 is 1.03 bits per heavy atom. The third kappa shape index (κ3) is 4.28. The van der Waals surface area contributed by atoms with E-state index in [1.807, 2.05) is 0 Å². The molecule has 0 amide bonds. The van der Waals surface area contributed by atoms with E-state index in [0.717, 1.165) is 49.6 Å². The average Bonchev–Trinajstić information content (AvgIpc) is 2.99. The number of hydrogen-bond acceptors (Lipinski definition) is 2. The van der Waals surface area contributed by atoms with Crippen molar-refractivity contribution in [3.8, 4) is 0 Å². The van der Waals surface area contributed by atoms with Crippen molar-refractivity contribution in [3.05, 3.63) is 11.6 Å². The minimum absolute atomic E-state index is 0. The second kappa shape index (κ2) is 9.57. The van der Waals surface area contributed by atoms with Crippen LogP contribution in [0.3, 0.4) is 0 Å². The van der Waals surface area contributed by atoms with Crippen molar-refractivity contribution in [2.24, 2.45) is 34.5 Å². The minimum atomic E-state index is -0.101. The molecule has 0 heterocycles. The lowest BCUT2D eigenvalue weighted by molar-refractivity contribution is -0.0531. The van der Waals surface area contributed by atoms with E-state index in [9.17, 15) is 5.11 Å². The van der Waals surface area contributed by atoms with Crippen LogP contribution in [-0.4, -0.2) is 47.5 Å². The van der Waals surface area contributed by atoms with Crippen molar-refractivity contribution in [3.63, 3.8) is 0 Å². The van der Waals surface area contributed by atoms with Crippen LogP contribution in [0.2, 0.25) is 0 Å². The summed E-state index contributed by atoms with van der Waals surface area (Å²) in [6.45, 7) is 8.24. The summed E-state index contributed by atoms with van der Waals surface area (Å²) in [4.78, 5) is 2.51. The van der Waals surface area contributed by atoms with Crippen LogP contribution in [-0.2, 0) is 0 Å². The summed E-state index contributed by atoms with van der Waals surface area (Å²) in [5.41, 5.74) is 2.42. The lowest BCUT2D eigenvalue weighted by atomic mass is 9.47. The highest BCUT2D eigenvalue weighted by molar-refractivity contribution is 6.18. The molecule has 4 aliphatic carbocycles. The Kier molecular flexibility index (Phi) is 7.98. The Balaban J connectivity index is 0.00000240. The standard InChI is InChI=1S/C24H39Cl2NO.ClH/c1-23-9-7-19(28)15-17(23)3-5-20-21-6-4-18(16-27(13-11-25)14-12-26)24(21,2)10-8-22(20)23;/h3,18-22,28H,4-16H2,1-2H3;1H/t18-,19+,20+,21+,22+,23+,24-;/m1./s1. The Labute approximate surface area is 194 Å². The molecule has 0 radical (unpaired) electrons. The van der Waals surface area contributed by atoms with Gasteiger partial charge < -0.3 is 10.0 Å². The van der Waals surface area contributed by atoms with Gasteiger partial charge in [-0.2, -0.15) is 0 Å². The first kappa shape index (κ1) is 24.2.